The first-order valence-electron chi connectivity index (χ1n) is 7.98. The van der Waals surface area contributed by atoms with Crippen molar-refractivity contribution in [1.29, 1.82) is 0 Å². The summed E-state index contributed by atoms with van der Waals surface area (Å²) in [4.78, 5) is 20.7. The predicted molar refractivity (Wildman–Crippen MR) is 84.2 cm³/mol. The van der Waals surface area contributed by atoms with Gasteiger partial charge in [-0.15, -0.1) is 0 Å². The summed E-state index contributed by atoms with van der Waals surface area (Å²) in [6.45, 7) is 7.26. The molecule has 1 aromatic rings. The molecule has 0 aliphatic heterocycles. The third-order valence-electron chi connectivity index (χ3n) is 4.23. The van der Waals surface area contributed by atoms with E-state index in [9.17, 15) is 4.79 Å². The number of amides is 1. The number of rotatable bonds is 5. The molecule has 1 amide bonds. The molecule has 0 spiro atoms. The lowest BCUT2D eigenvalue weighted by Gasteiger charge is -2.34. The SMILES string of the molecule is CCNc1cnc(C(=O)NC2CCCCC2C(C)C)cn1. The molecule has 5 nitrogen and oxygen atoms in total. The lowest BCUT2D eigenvalue weighted by atomic mass is 9.78. The molecule has 1 heterocycles. The van der Waals surface area contributed by atoms with Crippen LogP contribution in [-0.4, -0.2) is 28.5 Å². The second kappa shape index (κ2) is 7.38. The van der Waals surface area contributed by atoms with Crippen molar-refractivity contribution in [2.24, 2.45) is 11.8 Å². The molecule has 2 rings (SSSR count). The Morgan fingerprint density at radius 3 is 2.67 bits per heavy atom. The Morgan fingerprint density at radius 2 is 2.05 bits per heavy atom. The van der Waals surface area contributed by atoms with Crippen molar-refractivity contribution >= 4 is 11.7 Å². The highest BCUT2D eigenvalue weighted by Crippen LogP contribution is 2.30. The molecular weight excluding hydrogens is 264 g/mol. The number of carbonyl (C=O) groups excluding carboxylic acids is 1. The summed E-state index contributed by atoms with van der Waals surface area (Å²) >= 11 is 0. The molecule has 1 aromatic heterocycles. The van der Waals surface area contributed by atoms with Crippen LogP contribution in [0.4, 0.5) is 5.82 Å². The summed E-state index contributed by atoms with van der Waals surface area (Å²) < 4.78 is 0. The van der Waals surface area contributed by atoms with Gasteiger partial charge in [-0.1, -0.05) is 26.7 Å². The maximum Gasteiger partial charge on any atom is 0.271 e. The number of nitrogens with one attached hydrogen (secondary N) is 2. The second-order valence-corrected chi connectivity index (χ2v) is 6.09. The number of aromatic nitrogens is 2. The van der Waals surface area contributed by atoms with Crippen LogP contribution in [0, 0.1) is 11.8 Å². The van der Waals surface area contributed by atoms with E-state index >= 15 is 0 Å². The molecule has 1 saturated carbocycles. The maximum atomic E-state index is 12.3. The molecule has 116 valence electrons. The Balaban J connectivity index is 1.99. The van der Waals surface area contributed by atoms with E-state index in [2.05, 4.69) is 34.4 Å². The van der Waals surface area contributed by atoms with Gasteiger partial charge in [0.05, 0.1) is 12.4 Å². The topological polar surface area (TPSA) is 66.9 Å². The number of hydrogen-bond acceptors (Lipinski definition) is 4. The van der Waals surface area contributed by atoms with Crippen LogP contribution >= 0.6 is 0 Å². The highest BCUT2D eigenvalue weighted by atomic mass is 16.1. The largest absolute Gasteiger partial charge is 0.369 e. The van der Waals surface area contributed by atoms with Crippen molar-refractivity contribution in [1.82, 2.24) is 15.3 Å². The minimum Gasteiger partial charge on any atom is -0.369 e. The first kappa shape index (κ1) is 15.7. The standard InChI is InChI=1S/C16H26N4O/c1-4-17-15-10-18-14(9-19-15)16(21)20-13-8-6-5-7-12(13)11(2)3/h9-13H,4-8H2,1-3H3,(H,17,19)(H,20,21). The van der Waals surface area contributed by atoms with Gasteiger partial charge in [0.15, 0.2) is 0 Å². The number of anilines is 1. The van der Waals surface area contributed by atoms with E-state index in [1.165, 1.54) is 19.3 Å². The smallest absolute Gasteiger partial charge is 0.271 e. The number of nitrogens with zero attached hydrogens (tertiary/aromatic N) is 2. The van der Waals surface area contributed by atoms with Gasteiger partial charge < -0.3 is 10.6 Å². The molecule has 0 saturated heterocycles. The molecule has 0 bridgehead atoms. The lowest BCUT2D eigenvalue weighted by molar-refractivity contribution is 0.0883. The monoisotopic (exact) mass is 290 g/mol. The lowest BCUT2D eigenvalue weighted by Crippen LogP contribution is -2.44. The van der Waals surface area contributed by atoms with Gasteiger partial charge in [0.25, 0.3) is 5.91 Å². The van der Waals surface area contributed by atoms with Gasteiger partial charge in [-0.05, 0) is 31.6 Å². The van der Waals surface area contributed by atoms with Gasteiger partial charge in [-0.3, -0.25) is 4.79 Å². The van der Waals surface area contributed by atoms with Crippen molar-refractivity contribution in [2.45, 2.75) is 52.5 Å². The molecule has 21 heavy (non-hydrogen) atoms. The Labute approximate surface area is 127 Å². The van der Waals surface area contributed by atoms with Crippen molar-refractivity contribution in [2.75, 3.05) is 11.9 Å². The summed E-state index contributed by atoms with van der Waals surface area (Å²) in [5.74, 6) is 1.75. The van der Waals surface area contributed by atoms with Crippen LogP contribution in [0.5, 0.6) is 0 Å². The minimum absolute atomic E-state index is 0.108. The van der Waals surface area contributed by atoms with Crippen LogP contribution in [0.25, 0.3) is 0 Å². The molecule has 2 unspecified atom stereocenters. The zero-order chi connectivity index (χ0) is 15.2. The van der Waals surface area contributed by atoms with Gasteiger partial charge in [-0.2, -0.15) is 0 Å². The van der Waals surface area contributed by atoms with Crippen molar-refractivity contribution in [3.05, 3.63) is 18.1 Å². The van der Waals surface area contributed by atoms with Gasteiger partial charge in [-0.25, -0.2) is 9.97 Å². The molecule has 1 fully saturated rings. The summed E-state index contributed by atoms with van der Waals surface area (Å²) in [6.07, 6.45) is 7.89. The molecule has 1 aliphatic rings. The average Bonchev–Trinajstić information content (AvgIpc) is 2.48. The first-order chi connectivity index (χ1) is 10.1. The zero-order valence-electron chi connectivity index (χ0n) is 13.2. The molecule has 1 aliphatic carbocycles. The Bertz CT molecular complexity index is 458. The van der Waals surface area contributed by atoms with E-state index in [-0.39, 0.29) is 11.9 Å². The maximum absolute atomic E-state index is 12.3. The van der Waals surface area contributed by atoms with Crippen LogP contribution in [-0.2, 0) is 0 Å². The van der Waals surface area contributed by atoms with Gasteiger partial charge in [0, 0.05) is 12.6 Å². The molecular formula is C16H26N4O. The average molecular weight is 290 g/mol. The minimum atomic E-state index is -0.108. The quantitative estimate of drug-likeness (QED) is 0.875. The molecule has 0 radical (unpaired) electrons. The summed E-state index contributed by atoms with van der Waals surface area (Å²) in [7, 11) is 0. The summed E-state index contributed by atoms with van der Waals surface area (Å²) in [5, 5.41) is 6.23. The van der Waals surface area contributed by atoms with E-state index in [0.717, 1.165) is 13.0 Å². The molecule has 0 aromatic carbocycles. The third kappa shape index (κ3) is 4.16. The first-order valence-corrected chi connectivity index (χ1v) is 7.98. The van der Waals surface area contributed by atoms with Crippen LogP contribution in [0.1, 0.15) is 56.9 Å². The fraction of sp³-hybridized carbons (Fsp3) is 0.688. The van der Waals surface area contributed by atoms with Gasteiger partial charge in [0.2, 0.25) is 0 Å². The fourth-order valence-corrected chi connectivity index (χ4v) is 3.10. The van der Waals surface area contributed by atoms with Gasteiger partial charge >= 0.3 is 0 Å². The van der Waals surface area contributed by atoms with Gasteiger partial charge in [0.1, 0.15) is 11.5 Å². The van der Waals surface area contributed by atoms with E-state index in [1.807, 2.05) is 6.92 Å². The van der Waals surface area contributed by atoms with Crippen molar-refractivity contribution in [3.8, 4) is 0 Å². The Hall–Kier alpha value is -1.65. The summed E-state index contributed by atoms with van der Waals surface area (Å²) in [5.41, 5.74) is 0.393. The number of hydrogen-bond donors (Lipinski definition) is 2. The van der Waals surface area contributed by atoms with E-state index in [4.69, 9.17) is 0 Å². The zero-order valence-corrected chi connectivity index (χ0v) is 13.2. The Morgan fingerprint density at radius 1 is 1.29 bits per heavy atom. The summed E-state index contributed by atoms with van der Waals surface area (Å²) in [6, 6.07) is 0.265. The van der Waals surface area contributed by atoms with Crippen molar-refractivity contribution in [3.63, 3.8) is 0 Å². The van der Waals surface area contributed by atoms with E-state index in [1.54, 1.807) is 12.4 Å². The highest BCUT2D eigenvalue weighted by Gasteiger charge is 2.29. The van der Waals surface area contributed by atoms with Crippen molar-refractivity contribution < 1.29 is 4.79 Å². The highest BCUT2D eigenvalue weighted by molar-refractivity contribution is 5.92. The second-order valence-electron chi connectivity index (χ2n) is 6.09. The Kier molecular flexibility index (Phi) is 5.53. The molecule has 2 N–H and O–H groups in total. The number of carbonyl (C=O) groups is 1. The molecule has 2 atom stereocenters. The third-order valence-corrected chi connectivity index (χ3v) is 4.23. The normalized spacial score (nSPS) is 22.1. The van der Waals surface area contributed by atoms with E-state index in [0.29, 0.717) is 23.3 Å². The predicted octanol–water partition coefficient (Wildman–Crippen LogP) is 2.85. The van der Waals surface area contributed by atoms with Crippen LogP contribution in [0.15, 0.2) is 12.4 Å². The van der Waals surface area contributed by atoms with Crippen LogP contribution in [0.3, 0.4) is 0 Å². The van der Waals surface area contributed by atoms with Crippen LogP contribution in [0.2, 0.25) is 0 Å². The van der Waals surface area contributed by atoms with Crippen LogP contribution < -0.4 is 10.6 Å². The molecule has 5 heteroatoms. The fourth-order valence-electron chi connectivity index (χ4n) is 3.10. The van der Waals surface area contributed by atoms with E-state index < -0.39 is 0 Å².